The largest absolute Gasteiger partial charge is 0.380 e. The van der Waals surface area contributed by atoms with Crippen LogP contribution in [0.15, 0.2) is 0 Å². The van der Waals surface area contributed by atoms with Gasteiger partial charge in [-0.15, -0.1) is 0 Å². The lowest BCUT2D eigenvalue weighted by Crippen LogP contribution is -2.55. The molecule has 3 nitrogen and oxygen atoms in total. The maximum absolute atomic E-state index is 5.92. The van der Waals surface area contributed by atoms with E-state index >= 15 is 0 Å². The molecule has 1 saturated carbocycles. The summed E-state index contributed by atoms with van der Waals surface area (Å²) in [5.74, 6) is 0.799. The topological polar surface area (TPSA) is 47.3 Å². The normalized spacial score (nSPS) is 34.0. The van der Waals surface area contributed by atoms with Gasteiger partial charge < -0.3 is 15.8 Å². The van der Waals surface area contributed by atoms with Crippen molar-refractivity contribution in [3.05, 3.63) is 0 Å². The smallest absolute Gasteiger partial charge is 0.0667 e. The zero-order chi connectivity index (χ0) is 11.3. The fourth-order valence-electron chi connectivity index (χ4n) is 2.52. The fraction of sp³-hybridized carbons (Fsp3) is 1.00. The second-order valence-electron chi connectivity index (χ2n) is 5.11. The van der Waals surface area contributed by atoms with Gasteiger partial charge in [-0.2, -0.15) is 0 Å². The van der Waals surface area contributed by atoms with Crippen LogP contribution in [0.25, 0.3) is 0 Å². The molecule has 0 aromatic rings. The summed E-state index contributed by atoms with van der Waals surface area (Å²) in [6.07, 6.45) is 5.34. The molecule has 15 heavy (non-hydrogen) atoms. The highest BCUT2D eigenvalue weighted by atomic mass is 16.5. The van der Waals surface area contributed by atoms with E-state index < -0.39 is 0 Å². The standard InChI is InChI=1S/C12H26N2O/c1-10-5-4-6-12(7-10,9-13)14-8-11(2)15-3/h10-11,14H,4-9,13H2,1-3H3. The Morgan fingerprint density at radius 1 is 1.60 bits per heavy atom. The highest BCUT2D eigenvalue weighted by molar-refractivity contribution is 4.94. The van der Waals surface area contributed by atoms with Gasteiger partial charge in [0.2, 0.25) is 0 Å². The molecule has 3 N–H and O–H groups in total. The van der Waals surface area contributed by atoms with Crippen molar-refractivity contribution in [3.8, 4) is 0 Å². The van der Waals surface area contributed by atoms with Gasteiger partial charge in [-0.1, -0.05) is 19.8 Å². The number of methoxy groups -OCH3 is 1. The lowest BCUT2D eigenvalue weighted by molar-refractivity contribution is 0.0960. The predicted octanol–water partition coefficient (Wildman–Crippen LogP) is 1.52. The molecule has 1 aliphatic rings. The fourth-order valence-corrected chi connectivity index (χ4v) is 2.52. The zero-order valence-corrected chi connectivity index (χ0v) is 10.4. The third-order valence-corrected chi connectivity index (χ3v) is 3.65. The van der Waals surface area contributed by atoms with Crippen molar-refractivity contribution in [2.45, 2.75) is 51.2 Å². The van der Waals surface area contributed by atoms with Crippen molar-refractivity contribution < 1.29 is 4.74 Å². The molecule has 1 fully saturated rings. The number of hydrogen-bond donors (Lipinski definition) is 2. The minimum atomic E-state index is 0.171. The van der Waals surface area contributed by atoms with E-state index in [0.29, 0.717) is 0 Å². The van der Waals surface area contributed by atoms with Crippen LogP contribution in [0.3, 0.4) is 0 Å². The predicted molar refractivity (Wildman–Crippen MR) is 63.9 cm³/mol. The van der Waals surface area contributed by atoms with Crippen LogP contribution in [0.2, 0.25) is 0 Å². The molecule has 90 valence electrons. The monoisotopic (exact) mass is 214 g/mol. The Morgan fingerprint density at radius 3 is 2.87 bits per heavy atom. The summed E-state index contributed by atoms with van der Waals surface area (Å²) in [4.78, 5) is 0. The molecule has 1 aliphatic carbocycles. The summed E-state index contributed by atoms with van der Waals surface area (Å²) in [7, 11) is 1.75. The van der Waals surface area contributed by atoms with E-state index in [-0.39, 0.29) is 11.6 Å². The molecule has 3 heteroatoms. The Hall–Kier alpha value is -0.120. The Kier molecular flexibility index (Phi) is 5.03. The van der Waals surface area contributed by atoms with Crippen molar-refractivity contribution in [2.75, 3.05) is 20.2 Å². The average Bonchev–Trinajstić information content (AvgIpc) is 2.26. The van der Waals surface area contributed by atoms with Gasteiger partial charge in [-0.3, -0.25) is 0 Å². The Labute approximate surface area is 93.8 Å². The average molecular weight is 214 g/mol. The van der Waals surface area contributed by atoms with Crippen molar-refractivity contribution in [3.63, 3.8) is 0 Å². The third-order valence-electron chi connectivity index (χ3n) is 3.65. The van der Waals surface area contributed by atoms with Crippen molar-refractivity contribution in [1.29, 1.82) is 0 Å². The number of rotatable bonds is 5. The minimum absolute atomic E-state index is 0.171. The van der Waals surface area contributed by atoms with Gasteiger partial charge in [-0.25, -0.2) is 0 Å². The lowest BCUT2D eigenvalue weighted by Gasteiger charge is -2.40. The van der Waals surface area contributed by atoms with Gasteiger partial charge in [-0.05, 0) is 25.7 Å². The zero-order valence-electron chi connectivity index (χ0n) is 10.4. The van der Waals surface area contributed by atoms with Crippen LogP contribution in [0.4, 0.5) is 0 Å². The van der Waals surface area contributed by atoms with Gasteiger partial charge in [0.05, 0.1) is 6.10 Å². The van der Waals surface area contributed by atoms with Crippen LogP contribution in [-0.2, 0) is 4.74 Å². The summed E-state index contributed by atoms with van der Waals surface area (Å²) in [6, 6.07) is 0. The molecule has 0 aromatic carbocycles. The molecule has 0 amide bonds. The van der Waals surface area contributed by atoms with E-state index in [2.05, 4.69) is 19.2 Å². The van der Waals surface area contributed by atoms with E-state index in [1.807, 2.05) is 0 Å². The van der Waals surface area contributed by atoms with Crippen LogP contribution in [0, 0.1) is 5.92 Å². The van der Waals surface area contributed by atoms with E-state index in [0.717, 1.165) is 19.0 Å². The Morgan fingerprint density at radius 2 is 2.33 bits per heavy atom. The molecular weight excluding hydrogens is 188 g/mol. The highest BCUT2D eigenvalue weighted by Crippen LogP contribution is 2.31. The van der Waals surface area contributed by atoms with E-state index in [1.54, 1.807) is 7.11 Å². The van der Waals surface area contributed by atoms with Gasteiger partial charge in [0.15, 0.2) is 0 Å². The van der Waals surface area contributed by atoms with Gasteiger partial charge in [0.25, 0.3) is 0 Å². The van der Waals surface area contributed by atoms with E-state index in [9.17, 15) is 0 Å². The van der Waals surface area contributed by atoms with E-state index in [1.165, 1.54) is 25.7 Å². The molecule has 3 atom stereocenters. The first-order valence-electron chi connectivity index (χ1n) is 6.10. The number of nitrogens with two attached hydrogens (primary N) is 1. The molecule has 0 aliphatic heterocycles. The molecule has 3 unspecified atom stereocenters. The summed E-state index contributed by atoms with van der Waals surface area (Å²) >= 11 is 0. The molecule has 0 heterocycles. The maximum atomic E-state index is 5.92. The number of hydrogen-bond acceptors (Lipinski definition) is 3. The Bertz CT molecular complexity index is 186. The van der Waals surface area contributed by atoms with Gasteiger partial charge in [0, 0.05) is 25.7 Å². The van der Waals surface area contributed by atoms with Crippen LogP contribution < -0.4 is 11.1 Å². The van der Waals surface area contributed by atoms with Crippen LogP contribution >= 0.6 is 0 Å². The van der Waals surface area contributed by atoms with Crippen molar-refractivity contribution in [2.24, 2.45) is 11.7 Å². The van der Waals surface area contributed by atoms with Crippen molar-refractivity contribution >= 4 is 0 Å². The van der Waals surface area contributed by atoms with E-state index in [4.69, 9.17) is 10.5 Å². The molecule has 0 saturated heterocycles. The molecule has 1 rings (SSSR count). The number of nitrogens with one attached hydrogen (secondary N) is 1. The second kappa shape index (κ2) is 5.83. The number of ether oxygens (including phenoxy) is 1. The summed E-state index contributed by atoms with van der Waals surface area (Å²) in [5, 5.41) is 3.62. The van der Waals surface area contributed by atoms with Gasteiger partial charge >= 0.3 is 0 Å². The van der Waals surface area contributed by atoms with Crippen LogP contribution in [0.1, 0.15) is 39.5 Å². The molecule has 0 bridgehead atoms. The van der Waals surface area contributed by atoms with Gasteiger partial charge in [0.1, 0.15) is 0 Å². The first-order chi connectivity index (χ1) is 7.12. The maximum Gasteiger partial charge on any atom is 0.0667 e. The Balaban J connectivity index is 2.44. The molecule has 0 radical (unpaired) electrons. The molecular formula is C12H26N2O. The molecule has 0 spiro atoms. The van der Waals surface area contributed by atoms with Crippen LogP contribution in [0.5, 0.6) is 0 Å². The summed E-state index contributed by atoms with van der Waals surface area (Å²) in [5.41, 5.74) is 6.10. The quantitative estimate of drug-likeness (QED) is 0.729. The molecule has 0 aromatic heterocycles. The summed E-state index contributed by atoms with van der Waals surface area (Å²) in [6.45, 7) is 6.06. The second-order valence-corrected chi connectivity index (χ2v) is 5.11. The van der Waals surface area contributed by atoms with Crippen molar-refractivity contribution in [1.82, 2.24) is 5.32 Å². The SMILES string of the molecule is COC(C)CNC1(CN)CCCC(C)C1. The highest BCUT2D eigenvalue weighted by Gasteiger charge is 2.33. The first kappa shape index (κ1) is 12.9. The lowest BCUT2D eigenvalue weighted by atomic mass is 9.76. The van der Waals surface area contributed by atoms with Crippen LogP contribution in [-0.4, -0.2) is 31.8 Å². The summed E-state index contributed by atoms with van der Waals surface area (Å²) < 4.78 is 5.25. The minimum Gasteiger partial charge on any atom is -0.380 e. The first-order valence-corrected chi connectivity index (χ1v) is 6.10. The third kappa shape index (κ3) is 3.74.